The van der Waals surface area contributed by atoms with Gasteiger partial charge in [0.2, 0.25) is 0 Å². The van der Waals surface area contributed by atoms with Crippen molar-refractivity contribution in [3.63, 3.8) is 0 Å². The molecule has 1 aromatic heterocycles. The zero-order chi connectivity index (χ0) is 13.8. The maximum Gasteiger partial charge on any atom is 0.146 e. The van der Waals surface area contributed by atoms with Crippen LogP contribution in [0, 0.1) is 11.2 Å². The summed E-state index contributed by atoms with van der Waals surface area (Å²) >= 11 is 0. The number of nitrogens with two attached hydrogens (primary N) is 1. The molecular weight excluding hydrogens is 243 g/mol. The first-order valence-electron chi connectivity index (χ1n) is 5.83. The number of nitrogen functional groups attached to an aromatic ring is 1. The summed E-state index contributed by atoms with van der Waals surface area (Å²) in [6, 6.07) is 10.2. The molecule has 4 nitrogen and oxygen atoms in total. The number of anilines is 1. The molecule has 0 aliphatic rings. The molecule has 5 heteroatoms. The fraction of sp³-hybridized carbons (Fsp3) is 0.143. The van der Waals surface area contributed by atoms with Gasteiger partial charge in [0.1, 0.15) is 17.3 Å². The van der Waals surface area contributed by atoms with Crippen LogP contribution in [0.4, 0.5) is 10.1 Å². The number of aromatic nitrogens is 1. The predicted octanol–water partition coefficient (Wildman–Crippen LogP) is 2.14. The van der Waals surface area contributed by atoms with Crippen LogP contribution in [0.25, 0.3) is 0 Å². The van der Waals surface area contributed by atoms with Crippen LogP contribution in [-0.4, -0.2) is 17.9 Å². The lowest BCUT2D eigenvalue weighted by Gasteiger charge is -2.20. The van der Waals surface area contributed by atoms with Crippen molar-refractivity contribution in [1.82, 2.24) is 4.98 Å². The largest absolute Gasteiger partial charge is 0.382 e. The van der Waals surface area contributed by atoms with Gasteiger partial charge >= 0.3 is 0 Å². The fourth-order valence-electron chi connectivity index (χ4n) is 1.84. The number of halogens is 1. The second kappa shape index (κ2) is 5.48. The van der Waals surface area contributed by atoms with Gasteiger partial charge in [0, 0.05) is 19.8 Å². The molecule has 0 fully saturated rings. The molecule has 2 aromatic rings. The highest BCUT2D eigenvalue weighted by atomic mass is 19.1. The van der Waals surface area contributed by atoms with E-state index in [0.29, 0.717) is 17.9 Å². The number of para-hydroxylation sites is 1. The summed E-state index contributed by atoms with van der Waals surface area (Å²) in [5.74, 6) is -0.332. The predicted molar refractivity (Wildman–Crippen MR) is 73.8 cm³/mol. The summed E-state index contributed by atoms with van der Waals surface area (Å²) in [7, 11) is 1.81. The molecule has 0 saturated heterocycles. The standard InChI is InChI=1S/C14H15FN4/c1-19(13-5-3-2-4-11(13)15)9-10-6-7-18-12(8-10)14(16)17/h2-8H,9H2,1H3,(H3,16,17). The number of pyridine rings is 1. The van der Waals surface area contributed by atoms with E-state index in [0.717, 1.165) is 5.56 Å². The Morgan fingerprint density at radius 2 is 2.11 bits per heavy atom. The highest BCUT2D eigenvalue weighted by Gasteiger charge is 2.08. The van der Waals surface area contributed by atoms with E-state index in [1.807, 2.05) is 13.1 Å². The van der Waals surface area contributed by atoms with Gasteiger partial charge in [-0.1, -0.05) is 12.1 Å². The van der Waals surface area contributed by atoms with Crippen molar-refractivity contribution in [1.29, 1.82) is 5.41 Å². The van der Waals surface area contributed by atoms with Crippen molar-refractivity contribution in [2.75, 3.05) is 11.9 Å². The Kier molecular flexibility index (Phi) is 3.75. The third-order valence-electron chi connectivity index (χ3n) is 2.78. The molecule has 0 aliphatic heterocycles. The molecule has 0 radical (unpaired) electrons. The topological polar surface area (TPSA) is 66.0 Å². The fourth-order valence-corrected chi connectivity index (χ4v) is 1.84. The third kappa shape index (κ3) is 3.07. The molecule has 3 N–H and O–H groups in total. The van der Waals surface area contributed by atoms with Crippen LogP contribution in [0.3, 0.4) is 0 Å². The molecule has 98 valence electrons. The maximum atomic E-state index is 13.6. The molecule has 0 aliphatic carbocycles. The number of amidine groups is 1. The average Bonchev–Trinajstić information content (AvgIpc) is 2.39. The summed E-state index contributed by atoms with van der Waals surface area (Å²) in [6.07, 6.45) is 1.60. The second-order valence-electron chi connectivity index (χ2n) is 4.27. The van der Waals surface area contributed by atoms with Gasteiger partial charge in [-0.05, 0) is 29.8 Å². The molecule has 0 atom stereocenters. The summed E-state index contributed by atoms with van der Waals surface area (Å²) in [5, 5.41) is 7.35. The van der Waals surface area contributed by atoms with Crippen molar-refractivity contribution < 1.29 is 4.39 Å². The number of nitrogens with zero attached hydrogens (tertiary/aromatic N) is 2. The smallest absolute Gasteiger partial charge is 0.146 e. The first-order chi connectivity index (χ1) is 9.08. The number of hydrogen-bond acceptors (Lipinski definition) is 3. The summed E-state index contributed by atoms with van der Waals surface area (Å²) in [6.45, 7) is 0.518. The van der Waals surface area contributed by atoms with E-state index in [9.17, 15) is 4.39 Å². The van der Waals surface area contributed by atoms with Gasteiger partial charge in [0.15, 0.2) is 0 Å². The lowest BCUT2D eigenvalue weighted by atomic mass is 10.2. The minimum Gasteiger partial charge on any atom is -0.382 e. The Bertz CT molecular complexity index is 598. The van der Waals surface area contributed by atoms with Crippen molar-refractivity contribution in [2.45, 2.75) is 6.54 Å². The maximum absolute atomic E-state index is 13.6. The quantitative estimate of drug-likeness (QED) is 0.652. The number of nitrogens with one attached hydrogen (secondary N) is 1. The van der Waals surface area contributed by atoms with E-state index in [-0.39, 0.29) is 11.7 Å². The van der Waals surface area contributed by atoms with E-state index in [4.69, 9.17) is 11.1 Å². The van der Waals surface area contributed by atoms with E-state index in [1.165, 1.54) is 6.07 Å². The minimum absolute atomic E-state index is 0.0737. The van der Waals surface area contributed by atoms with Crippen LogP contribution in [-0.2, 0) is 6.54 Å². The first kappa shape index (κ1) is 13.0. The van der Waals surface area contributed by atoms with Gasteiger partial charge in [-0.3, -0.25) is 10.4 Å². The molecule has 0 unspecified atom stereocenters. The lowest BCUT2D eigenvalue weighted by molar-refractivity contribution is 0.622. The second-order valence-corrected chi connectivity index (χ2v) is 4.27. The van der Waals surface area contributed by atoms with Gasteiger partial charge in [0.25, 0.3) is 0 Å². The Balaban J connectivity index is 2.19. The lowest BCUT2D eigenvalue weighted by Crippen LogP contribution is -2.19. The zero-order valence-electron chi connectivity index (χ0n) is 10.6. The van der Waals surface area contributed by atoms with Crippen LogP contribution in [0.5, 0.6) is 0 Å². The zero-order valence-corrected chi connectivity index (χ0v) is 10.6. The first-order valence-corrected chi connectivity index (χ1v) is 5.83. The van der Waals surface area contributed by atoms with Crippen LogP contribution < -0.4 is 10.6 Å². The number of benzene rings is 1. The van der Waals surface area contributed by atoms with E-state index >= 15 is 0 Å². The van der Waals surface area contributed by atoms with Crippen molar-refractivity contribution in [2.24, 2.45) is 5.73 Å². The third-order valence-corrected chi connectivity index (χ3v) is 2.78. The van der Waals surface area contributed by atoms with Gasteiger partial charge in [-0.25, -0.2) is 4.39 Å². The van der Waals surface area contributed by atoms with Crippen molar-refractivity contribution in [3.8, 4) is 0 Å². The molecule has 19 heavy (non-hydrogen) atoms. The van der Waals surface area contributed by atoms with Crippen molar-refractivity contribution >= 4 is 11.5 Å². The van der Waals surface area contributed by atoms with E-state index < -0.39 is 0 Å². The molecule has 0 spiro atoms. The van der Waals surface area contributed by atoms with Crippen LogP contribution in [0.15, 0.2) is 42.6 Å². The summed E-state index contributed by atoms with van der Waals surface area (Å²) < 4.78 is 13.6. The molecular formula is C14H15FN4. The molecule has 0 amide bonds. The van der Waals surface area contributed by atoms with Crippen LogP contribution >= 0.6 is 0 Å². The molecule has 1 aromatic carbocycles. The van der Waals surface area contributed by atoms with Crippen LogP contribution in [0.1, 0.15) is 11.3 Å². The Morgan fingerprint density at radius 3 is 2.79 bits per heavy atom. The molecule has 1 heterocycles. The van der Waals surface area contributed by atoms with Gasteiger partial charge in [0.05, 0.1) is 5.69 Å². The molecule has 0 bridgehead atoms. The summed E-state index contributed by atoms with van der Waals surface area (Å²) in [5.41, 5.74) is 7.28. The monoisotopic (exact) mass is 258 g/mol. The number of hydrogen-bond donors (Lipinski definition) is 2. The van der Waals surface area contributed by atoms with E-state index in [2.05, 4.69) is 4.98 Å². The highest BCUT2D eigenvalue weighted by molar-refractivity contribution is 5.93. The van der Waals surface area contributed by atoms with Crippen molar-refractivity contribution in [3.05, 3.63) is 59.7 Å². The minimum atomic E-state index is -0.258. The Hall–Kier alpha value is -2.43. The van der Waals surface area contributed by atoms with Crippen LogP contribution in [0.2, 0.25) is 0 Å². The highest BCUT2D eigenvalue weighted by Crippen LogP contribution is 2.19. The molecule has 2 rings (SSSR count). The average molecular weight is 258 g/mol. The number of rotatable bonds is 4. The SMILES string of the molecule is CN(Cc1ccnc(C(=N)N)c1)c1ccccc1F. The van der Waals surface area contributed by atoms with E-state index in [1.54, 1.807) is 35.4 Å². The van der Waals surface area contributed by atoms with Gasteiger partial charge < -0.3 is 10.6 Å². The normalized spacial score (nSPS) is 10.2. The molecule has 0 saturated carbocycles. The Morgan fingerprint density at radius 1 is 1.37 bits per heavy atom. The van der Waals surface area contributed by atoms with Gasteiger partial charge in [-0.2, -0.15) is 0 Å². The summed E-state index contributed by atoms with van der Waals surface area (Å²) in [4.78, 5) is 5.79. The Labute approximate surface area is 111 Å². The van der Waals surface area contributed by atoms with Gasteiger partial charge in [-0.15, -0.1) is 0 Å².